The van der Waals surface area contributed by atoms with Crippen molar-refractivity contribution in [1.29, 1.82) is 0 Å². The summed E-state index contributed by atoms with van der Waals surface area (Å²) in [6.45, 7) is 7.65. The Morgan fingerprint density at radius 2 is 2.22 bits per heavy atom. The zero-order chi connectivity index (χ0) is 13.0. The van der Waals surface area contributed by atoms with Crippen LogP contribution in [0, 0.1) is 5.41 Å². The van der Waals surface area contributed by atoms with Crippen molar-refractivity contribution in [3.8, 4) is 0 Å². The molecule has 2 N–H and O–H groups in total. The lowest BCUT2D eigenvalue weighted by molar-refractivity contribution is 0.227. The highest BCUT2D eigenvalue weighted by atomic mass is 16.3. The van der Waals surface area contributed by atoms with Crippen LogP contribution in [0.1, 0.15) is 50.8 Å². The predicted molar refractivity (Wildman–Crippen MR) is 70.7 cm³/mol. The van der Waals surface area contributed by atoms with Gasteiger partial charge in [0.25, 0.3) is 0 Å². The van der Waals surface area contributed by atoms with Gasteiger partial charge >= 0.3 is 0 Å². The molecule has 3 rings (SSSR count). The molecule has 2 atom stereocenters. The quantitative estimate of drug-likeness (QED) is 0.858. The first-order chi connectivity index (χ1) is 8.50. The van der Waals surface area contributed by atoms with Gasteiger partial charge in [-0.15, -0.1) is 0 Å². The van der Waals surface area contributed by atoms with Gasteiger partial charge in [-0.3, -0.25) is 0 Å². The molecule has 2 aliphatic carbocycles. The van der Waals surface area contributed by atoms with Crippen LogP contribution in [0.5, 0.6) is 0 Å². The molecule has 0 saturated heterocycles. The maximum atomic E-state index is 8.84. The van der Waals surface area contributed by atoms with Gasteiger partial charge in [0.2, 0.25) is 5.95 Å². The van der Waals surface area contributed by atoms with Gasteiger partial charge in [-0.25, -0.2) is 9.97 Å². The number of aliphatic hydroxyl groups excluding tert-OH is 1. The zero-order valence-electron chi connectivity index (χ0n) is 11.3. The third kappa shape index (κ3) is 1.30. The van der Waals surface area contributed by atoms with Crippen LogP contribution in [0.2, 0.25) is 0 Å². The lowest BCUT2D eigenvalue weighted by atomic mass is 9.70. The fourth-order valence-corrected chi connectivity index (χ4v) is 3.81. The molecule has 1 saturated carbocycles. The zero-order valence-corrected chi connectivity index (χ0v) is 11.3. The second-order valence-corrected chi connectivity index (χ2v) is 6.29. The van der Waals surface area contributed by atoms with Crippen molar-refractivity contribution in [3.63, 3.8) is 0 Å². The van der Waals surface area contributed by atoms with Crippen molar-refractivity contribution < 1.29 is 5.11 Å². The number of anilines is 1. The summed E-state index contributed by atoms with van der Waals surface area (Å²) in [5.41, 5.74) is 3.01. The second-order valence-electron chi connectivity index (χ2n) is 6.29. The molecule has 0 aromatic carbocycles. The fraction of sp³-hybridized carbons (Fsp3) is 0.714. The Labute approximate surface area is 108 Å². The second kappa shape index (κ2) is 3.67. The number of rotatable bonds is 3. The van der Waals surface area contributed by atoms with Gasteiger partial charge in [-0.05, 0) is 29.7 Å². The standard InChI is InChI=1S/C14H21N3O/c1-13(2)10-4-5-14(13,3)11-9(10)8-16-12(17-11)15-6-7-18/h8,10,18H,4-7H2,1-3H3,(H,15,16,17)/t10-,14+/m1/s1. The molecule has 1 aromatic rings. The first kappa shape index (κ1) is 11.9. The normalized spacial score (nSPS) is 31.4. The van der Waals surface area contributed by atoms with Crippen molar-refractivity contribution in [3.05, 3.63) is 17.5 Å². The molecule has 98 valence electrons. The molecule has 0 amide bonds. The van der Waals surface area contributed by atoms with Crippen molar-refractivity contribution in [2.45, 2.75) is 44.9 Å². The summed E-state index contributed by atoms with van der Waals surface area (Å²) in [6, 6.07) is 0. The minimum absolute atomic E-state index is 0.103. The molecule has 2 bridgehead atoms. The fourth-order valence-electron chi connectivity index (χ4n) is 3.81. The topological polar surface area (TPSA) is 58.0 Å². The van der Waals surface area contributed by atoms with Crippen LogP contribution in [-0.4, -0.2) is 28.2 Å². The molecule has 2 aliphatic rings. The van der Waals surface area contributed by atoms with E-state index in [4.69, 9.17) is 10.1 Å². The summed E-state index contributed by atoms with van der Waals surface area (Å²) in [7, 11) is 0. The number of hydrogen-bond donors (Lipinski definition) is 2. The number of nitrogens with one attached hydrogen (secondary N) is 1. The van der Waals surface area contributed by atoms with Gasteiger partial charge in [0.05, 0.1) is 12.3 Å². The summed E-state index contributed by atoms with van der Waals surface area (Å²) >= 11 is 0. The maximum absolute atomic E-state index is 8.84. The van der Waals surface area contributed by atoms with Gasteiger partial charge in [0, 0.05) is 18.2 Å². The smallest absolute Gasteiger partial charge is 0.222 e. The van der Waals surface area contributed by atoms with Gasteiger partial charge in [0.1, 0.15) is 0 Å². The monoisotopic (exact) mass is 247 g/mol. The van der Waals surface area contributed by atoms with E-state index in [2.05, 4.69) is 31.1 Å². The number of aliphatic hydroxyl groups is 1. The molecular formula is C14H21N3O. The first-order valence-corrected chi connectivity index (χ1v) is 6.73. The molecule has 0 spiro atoms. The summed E-state index contributed by atoms with van der Waals surface area (Å²) in [5.74, 6) is 1.25. The van der Waals surface area contributed by atoms with E-state index < -0.39 is 0 Å². The Balaban J connectivity index is 2.02. The van der Waals surface area contributed by atoms with Crippen molar-refractivity contribution in [2.75, 3.05) is 18.5 Å². The van der Waals surface area contributed by atoms with Gasteiger partial charge in [0.15, 0.2) is 0 Å². The molecule has 1 aromatic heterocycles. The Morgan fingerprint density at radius 1 is 1.44 bits per heavy atom. The molecule has 0 aliphatic heterocycles. The average Bonchev–Trinajstić information content (AvgIpc) is 2.67. The number of fused-ring (bicyclic) bond motifs is 5. The Bertz CT molecular complexity index is 486. The lowest BCUT2D eigenvalue weighted by Gasteiger charge is -2.34. The van der Waals surface area contributed by atoms with E-state index >= 15 is 0 Å². The Morgan fingerprint density at radius 3 is 2.94 bits per heavy atom. The minimum atomic E-state index is 0.103. The van der Waals surface area contributed by atoms with E-state index in [1.54, 1.807) is 0 Å². The molecule has 1 fully saturated rings. The third-order valence-electron chi connectivity index (χ3n) is 5.34. The summed E-state index contributed by atoms with van der Waals surface area (Å²) < 4.78 is 0. The Kier molecular flexibility index (Phi) is 2.43. The van der Waals surface area contributed by atoms with E-state index in [0.717, 1.165) is 0 Å². The van der Waals surface area contributed by atoms with Crippen LogP contribution in [0.3, 0.4) is 0 Å². The summed E-state index contributed by atoms with van der Waals surface area (Å²) in [6.07, 6.45) is 4.45. The maximum Gasteiger partial charge on any atom is 0.222 e. The van der Waals surface area contributed by atoms with Gasteiger partial charge < -0.3 is 10.4 Å². The summed E-state index contributed by atoms with van der Waals surface area (Å²) in [4.78, 5) is 9.08. The molecule has 18 heavy (non-hydrogen) atoms. The van der Waals surface area contributed by atoms with E-state index in [-0.39, 0.29) is 17.4 Å². The van der Waals surface area contributed by atoms with E-state index in [1.807, 2.05) is 6.20 Å². The third-order valence-corrected chi connectivity index (χ3v) is 5.34. The highest BCUT2D eigenvalue weighted by molar-refractivity contribution is 5.46. The Hall–Kier alpha value is -1.16. The van der Waals surface area contributed by atoms with Crippen LogP contribution >= 0.6 is 0 Å². The van der Waals surface area contributed by atoms with Gasteiger partial charge in [-0.2, -0.15) is 0 Å². The van der Waals surface area contributed by atoms with Crippen molar-refractivity contribution in [2.24, 2.45) is 5.41 Å². The largest absolute Gasteiger partial charge is 0.395 e. The molecule has 4 heteroatoms. The average molecular weight is 247 g/mol. The molecule has 0 unspecified atom stereocenters. The molecule has 1 heterocycles. The van der Waals surface area contributed by atoms with Gasteiger partial charge in [-0.1, -0.05) is 20.8 Å². The van der Waals surface area contributed by atoms with Crippen LogP contribution in [0.4, 0.5) is 5.95 Å². The van der Waals surface area contributed by atoms with Crippen LogP contribution in [-0.2, 0) is 5.41 Å². The minimum Gasteiger partial charge on any atom is -0.395 e. The van der Waals surface area contributed by atoms with Crippen molar-refractivity contribution in [1.82, 2.24) is 9.97 Å². The van der Waals surface area contributed by atoms with Crippen LogP contribution < -0.4 is 5.32 Å². The number of nitrogens with zero attached hydrogens (tertiary/aromatic N) is 2. The summed E-state index contributed by atoms with van der Waals surface area (Å²) in [5, 5.41) is 11.9. The van der Waals surface area contributed by atoms with E-state index in [9.17, 15) is 0 Å². The highest BCUT2D eigenvalue weighted by Crippen LogP contribution is 2.66. The van der Waals surface area contributed by atoms with Crippen LogP contribution in [0.15, 0.2) is 6.20 Å². The van der Waals surface area contributed by atoms with E-state index in [0.29, 0.717) is 18.4 Å². The predicted octanol–water partition coefficient (Wildman–Crippen LogP) is 2.06. The van der Waals surface area contributed by atoms with Crippen molar-refractivity contribution >= 4 is 5.95 Å². The number of hydrogen-bond acceptors (Lipinski definition) is 4. The van der Waals surface area contributed by atoms with Crippen LogP contribution in [0.25, 0.3) is 0 Å². The number of aromatic nitrogens is 2. The van der Waals surface area contributed by atoms with E-state index in [1.165, 1.54) is 24.1 Å². The molecule has 0 radical (unpaired) electrons. The SMILES string of the molecule is CC1(C)[C@@H]2CC[C@@]1(C)c1nc(NCCO)ncc12. The first-order valence-electron chi connectivity index (χ1n) is 6.73. The molecule has 4 nitrogen and oxygen atoms in total. The molecular weight excluding hydrogens is 226 g/mol. The highest BCUT2D eigenvalue weighted by Gasteiger charge is 2.60. The lowest BCUT2D eigenvalue weighted by Crippen LogP contribution is -2.32.